The summed E-state index contributed by atoms with van der Waals surface area (Å²) in [6, 6.07) is 14.8. The normalized spacial score (nSPS) is 18.3. The molecular formula is C18H17BrO2. The molecule has 0 saturated carbocycles. The zero-order valence-corrected chi connectivity index (χ0v) is 13.3. The topological polar surface area (TPSA) is 22.4 Å². The van der Waals surface area contributed by atoms with Gasteiger partial charge in [0, 0.05) is 28.8 Å². The van der Waals surface area contributed by atoms with Crippen LogP contribution in [-0.4, -0.2) is 13.2 Å². The molecule has 3 heteroatoms. The highest BCUT2D eigenvalue weighted by Crippen LogP contribution is 2.39. The third-order valence-electron chi connectivity index (χ3n) is 4.40. The van der Waals surface area contributed by atoms with Gasteiger partial charge < -0.3 is 9.15 Å². The van der Waals surface area contributed by atoms with Gasteiger partial charge in [-0.2, -0.15) is 0 Å². The van der Waals surface area contributed by atoms with E-state index in [1.807, 2.05) is 12.1 Å². The van der Waals surface area contributed by atoms with Gasteiger partial charge in [0.2, 0.25) is 0 Å². The monoisotopic (exact) mass is 344 g/mol. The average molecular weight is 345 g/mol. The molecule has 1 aliphatic rings. The minimum Gasteiger partial charge on any atom is -0.456 e. The molecule has 2 nitrogen and oxygen atoms in total. The fourth-order valence-electron chi connectivity index (χ4n) is 3.20. The van der Waals surface area contributed by atoms with Crippen LogP contribution in [0.3, 0.4) is 0 Å². The molecule has 0 radical (unpaired) electrons. The standard InChI is InChI=1S/C18H17BrO2/c19-18(12-7-9-20-10-8-12)13-5-6-17-15(11-13)14-3-1-2-4-16(14)21-17/h1-6,11-12,18H,7-10H2. The van der Waals surface area contributed by atoms with Gasteiger partial charge in [0.15, 0.2) is 0 Å². The smallest absolute Gasteiger partial charge is 0.135 e. The lowest BCUT2D eigenvalue weighted by Gasteiger charge is -2.26. The maximum absolute atomic E-state index is 5.90. The van der Waals surface area contributed by atoms with E-state index in [1.165, 1.54) is 16.3 Å². The van der Waals surface area contributed by atoms with E-state index >= 15 is 0 Å². The van der Waals surface area contributed by atoms with Crippen LogP contribution >= 0.6 is 15.9 Å². The number of benzene rings is 2. The summed E-state index contributed by atoms with van der Waals surface area (Å²) < 4.78 is 11.4. The lowest BCUT2D eigenvalue weighted by Crippen LogP contribution is -2.19. The quantitative estimate of drug-likeness (QED) is 0.577. The first-order valence-electron chi connectivity index (χ1n) is 7.46. The molecule has 0 amide bonds. The summed E-state index contributed by atoms with van der Waals surface area (Å²) in [5, 5.41) is 2.40. The Morgan fingerprint density at radius 1 is 0.952 bits per heavy atom. The predicted molar refractivity (Wildman–Crippen MR) is 88.9 cm³/mol. The number of furan rings is 1. The van der Waals surface area contributed by atoms with Crippen molar-refractivity contribution >= 4 is 37.9 Å². The molecule has 0 spiro atoms. The summed E-state index contributed by atoms with van der Waals surface area (Å²) in [5.41, 5.74) is 3.26. The molecule has 108 valence electrons. The van der Waals surface area contributed by atoms with E-state index in [0.29, 0.717) is 10.7 Å². The van der Waals surface area contributed by atoms with Gasteiger partial charge in [-0.1, -0.05) is 40.2 Å². The number of fused-ring (bicyclic) bond motifs is 3. The summed E-state index contributed by atoms with van der Waals surface area (Å²) in [5.74, 6) is 0.648. The van der Waals surface area contributed by atoms with Crippen LogP contribution in [0.5, 0.6) is 0 Å². The highest BCUT2D eigenvalue weighted by Gasteiger charge is 2.23. The fourth-order valence-corrected chi connectivity index (χ4v) is 4.01. The molecule has 3 aromatic rings. The van der Waals surface area contributed by atoms with Crippen LogP contribution in [0.4, 0.5) is 0 Å². The van der Waals surface area contributed by atoms with E-state index in [0.717, 1.165) is 37.2 Å². The zero-order valence-electron chi connectivity index (χ0n) is 11.7. The maximum Gasteiger partial charge on any atom is 0.135 e. The van der Waals surface area contributed by atoms with Gasteiger partial charge >= 0.3 is 0 Å². The molecule has 1 atom stereocenters. The van der Waals surface area contributed by atoms with E-state index in [4.69, 9.17) is 9.15 Å². The van der Waals surface area contributed by atoms with Crippen LogP contribution < -0.4 is 0 Å². The zero-order chi connectivity index (χ0) is 14.2. The van der Waals surface area contributed by atoms with Gasteiger partial charge in [0.25, 0.3) is 0 Å². The van der Waals surface area contributed by atoms with Crippen LogP contribution in [-0.2, 0) is 4.74 Å². The van der Waals surface area contributed by atoms with Crippen molar-refractivity contribution in [1.82, 2.24) is 0 Å². The van der Waals surface area contributed by atoms with Crippen LogP contribution in [0, 0.1) is 5.92 Å². The summed E-state index contributed by atoms with van der Waals surface area (Å²) in [6.45, 7) is 1.76. The second-order valence-electron chi connectivity index (χ2n) is 5.71. The molecule has 1 saturated heterocycles. The number of halogens is 1. The van der Waals surface area contributed by atoms with E-state index in [1.54, 1.807) is 0 Å². The first kappa shape index (κ1) is 13.4. The van der Waals surface area contributed by atoms with E-state index in [2.05, 4.69) is 46.3 Å². The lowest BCUT2D eigenvalue weighted by molar-refractivity contribution is 0.0662. The molecule has 4 rings (SSSR count). The van der Waals surface area contributed by atoms with Crippen LogP contribution in [0.15, 0.2) is 46.9 Å². The number of para-hydroxylation sites is 1. The first-order chi connectivity index (χ1) is 10.3. The van der Waals surface area contributed by atoms with Gasteiger partial charge in [-0.25, -0.2) is 0 Å². The Kier molecular flexibility index (Phi) is 3.48. The largest absolute Gasteiger partial charge is 0.456 e. The molecule has 0 N–H and O–H groups in total. The summed E-state index contributed by atoms with van der Waals surface area (Å²) >= 11 is 3.90. The van der Waals surface area contributed by atoms with E-state index < -0.39 is 0 Å². The lowest BCUT2D eigenvalue weighted by atomic mass is 9.91. The van der Waals surface area contributed by atoms with Crippen LogP contribution in [0.1, 0.15) is 23.2 Å². The van der Waals surface area contributed by atoms with Crippen LogP contribution in [0.2, 0.25) is 0 Å². The second kappa shape index (κ2) is 5.47. The molecule has 21 heavy (non-hydrogen) atoms. The molecular weight excluding hydrogens is 328 g/mol. The van der Waals surface area contributed by atoms with Crippen molar-refractivity contribution in [3.63, 3.8) is 0 Å². The molecule has 1 unspecified atom stereocenters. The Morgan fingerprint density at radius 2 is 1.71 bits per heavy atom. The summed E-state index contributed by atoms with van der Waals surface area (Å²) in [6.07, 6.45) is 2.25. The first-order valence-corrected chi connectivity index (χ1v) is 8.37. The molecule has 1 aromatic heterocycles. The minimum absolute atomic E-state index is 0.388. The molecule has 0 bridgehead atoms. The number of hydrogen-bond acceptors (Lipinski definition) is 2. The van der Waals surface area contributed by atoms with Gasteiger partial charge in [-0.15, -0.1) is 0 Å². The Labute approximate surface area is 132 Å². The van der Waals surface area contributed by atoms with Gasteiger partial charge in [0.1, 0.15) is 11.2 Å². The summed E-state index contributed by atoms with van der Waals surface area (Å²) in [4.78, 5) is 0.388. The molecule has 2 heterocycles. The van der Waals surface area contributed by atoms with Crippen molar-refractivity contribution in [2.45, 2.75) is 17.7 Å². The number of ether oxygens (including phenoxy) is 1. The van der Waals surface area contributed by atoms with Crippen molar-refractivity contribution in [2.75, 3.05) is 13.2 Å². The number of rotatable bonds is 2. The third kappa shape index (κ3) is 2.39. The Morgan fingerprint density at radius 3 is 2.57 bits per heavy atom. The molecule has 0 aliphatic carbocycles. The van der Waals surface area contributed by atoms with E-state index in [9.17, 15) is 0 Å². The molecule has 2 aromatic carbocycles. The number of alkyl halides is 1. The van der Waals surface area contributed by atoms with Gasteiger partial charge in [-0.05, 0) is 42.5 Å². The van der Waals surface area contributed by atoms with Crippen molar-refractivity contribution < 1.29 is 9.15 Å². The average Bonchev–Trinajstić information content (AvgIpc) is 2.93. The molecule has 1 fully saturated rings. The number of hydrogen-bond donors (Lipinski definition) is 0. The Hall–Kier alpha value is -1.32. The van der Waals surface area contributed by atoms with Crippen LogP contribution in [0.25, 0.3) is 21.9 Å². The van der Waals surface area contributed by atoms with Crippen molar-refractivity contribution in [3.05, 3.63) is 48.0 Å². The predicted octanol–water partition coefficient (Wildman–Crippen LogP) is 5.45. The van der Waals surface area contributed by atoms with Crippen molar-refractivity contribution in [1.29, 1.82) is 0 Å². The Balaban J connectivity index is 1.76. The summed E-state index contributed by atoms with van der Waals surface area (Å²) in [7, 11) is 0. The SMILES string of the molecule is BrC(c1ccc2oc3ccccc3c2c1)C1CCOCC1. The van der Waals surface area contributed by atoms with Gasteiger partial charge in [-0.3, -0.25) is 0 Å². The fraction of sp³-hybridized carbons (Fsp3) is 0.333. The Bertz CT molecular complexity index is 771. The second-order valence-corrected chi connectivity index (χ2v) is 6.69. The maximum atomic E-state index is 5.90. The third-order valence-corrected chi connectivity index (χ3v) is 5.68. The minimum atomic E-state index is 0.388. The highest BCUT2D eigenvalue weighted by molar-refractivity contribution is 9.09. The van der Waals surface area contributed by atoms with Crippen molar-refractivity contribution in [3.8, 4) is 0 Å². The molecule has 1 aliphatic heterocycles. The van der Waals surface area contributed by atoms with Crippen molar-refractivity contribution in [2.24, 2.45) is 5.92 Å². The van der Waals surface area contributed by atoms with Gasteiger partial charge in [0.05, 0.1) is 0 Å². The highest BCUT2D eigenvalue weighted by atomic mass is 79.9. The van der Waals surface area contributed by atoms with E-state index in [-0.39, 0.29) is 0 Å².